The van der Waals surface area contributed by atoms with Crippen molar-refractivity contribution in [2.45, 2.75) is 33.7 Å². The van der Waals surface area contributed by atoms with E-state index in [0.29, 0.717) is 37.7 Å². The third-order valence-electron chi connectivity index (χ3n) is 7.00. The highest BCUT2D eigenvalue weighted by Crippen LogP contribution is 2.38. The van der Waals surface area contributed by atoms with Gasteiger partial charge in [0.25, 0.3) is 5.56 Å². The van der Waals surface area contributed by atoms with Gasteiger partial charge >= 0.3 is 5.97 Å². The van der Waals surface area contributed by atoms with Gasteiger partial charge in [0.2, 0.25) is 6.79 Å². The number of carbonyl (C=O) groups is 1. The summed E-state index contributed by atoms with van der Waals surface area (Å²) in [5.74, 6) is 0.696. The lowest BCUT2D eigenvalue weighted by Crippen LogP contribution is -2.39. The number of rotatable bonds is 5. The summed E-state index contributed by atoms with van der Waals surface area (Å²) in [5.41, 5.74) is 5.44. The molecule has 1 atom stereocenters. The number of benzene rings is 2. The van der Waals surface area contributed by atoms with Crippen molar-refractivity contribution in [3.63, 3.8) is 0 Å². The summed E-state index contributed by atoms with van der Waals surface area (Å²) in [5, 5.41) is 0. The zero-order valence-corrected chi connectivity index (χ0v) is 22.9. The number of para-hydroxylation sites is 1. The second-order valence-electron chi connectivity index (χ2n) is 9.41. The lowest BCUT2D eigenvalue weighted by Gasteiger charge is -2.24. The van der Waals surface area contributed by atoms with Gasteiger partial charge in [-0.2, -0.15) is 0 Å². The first-order chi connectivity index (χ1) is 18.9. The minimum Gasteiger partial charge on any atom is -0.463 e. The number of hydrogen-bond donors (Lipinski definition) is 0. The molecule has 0 bridgehead atoms. The molecule has 9 heteroatoms. The second-order valence-corrected chi connectivity index (χ2v) is 10.4. The van der Waals surface area contributed by atoms with E-state index >= 15 is 0 Å². The molecule has 4 heterocycles. The van der Waals surface area contributed by atoms with Gasteiger partial charge in [0.1, 0.15) is 0 Å². The Morgan fingerprint density at radius 2 is 1.87 bits per heavy atom. The van der Waals surface area contributed by atoms with Gasteiger partial charge < -0.3 is 18.8 Å². The highest BCUT2D eigenvalue weighted by molar-refractivity contribution is 7.07. The van der Waals surface area contributed by atoms with Crippen LogP contribution in [0, 0.1) is 13.8 Å². The number of fused-ring (bicyclic) bond motifs is 2. The van der Waals surface area contributed by atoms with Gasteiger partial charge in [-0.3, -0.25) is 9.36 Å². The van der Waals surface area contributed by atoms with E-state index < -0.39 is 12.0 Å². The number of hydrogen-bond acceptors (Lipinski definition) is 7. The standard InChI is InChI=1S/C30H27N3O5S/c1-5-36-29(35)26-18(3)31-30-33(27(26)20-11-12-23-24(14-20)38-16-37-23)28(34)25(39-30)15-21-13-17(2)32(19(21)4)22-9-7-6-8-10-22/h6-15,27H,5,16H2,1-4H3/b25-15+/t27-/m1/s1. The number of nitrogens with zero attached hydrogens (tertiary/aromatic N) is 3. The fourth-order valence-electron chi connectivity index (χ4n) is 5.24. The van der Waals surface area contributed by atoms with Crippen LogP contribution in [0.15, 0.2) is 75.7 Å². The Labute approximate surface area is 228 Å². The molecule has 198 valence electrons. The summed E-state index contributed by atoms with van der Waals surface area (Å²) in [6, 6.07) is 16.9. The second kappa shape index (κ2) is 9.74. The summed E-state index contributed by atoms with van der Waals surface area (Å²) < 4.78 is 20.7. The lowest BCUT2D eigenvalue weighted by atomic mass is 9.95. The van der Waals surface area contributed by atoms with E-state index in [0.717, 1.165) is 22.6 Å². The summed E-state index contributed by atoms with van der Waals surface area (Å²) in [6.07, 6.45) is 1.91. The van der Waals surface area contributed by atoms with Gasteiger partial charge in [-0.05, 0) is 75.2 Å². The van der Waals surface area contributed by atoms with Crippen molar-refractivity contribution < 1.29 is 19.0 Å². The fourth-order valence-corrected chi connectivity index (χ4v) is 6.28. The molecule has 2 aromatic heterocycles. The lowest BCUT2D eigenvalue weighted by molar-refractivity contribution is -0.139. The Morgan fingerprint density at radius 3 is 2.64 bits per heavy atom. The maximum absolute atomic E-state index is 14.0. The van der Waals surface area contributed by atoms with Crippen LogP contribution in [-0.4, -0.2) is 28.5 Å². The molecule has 4 aromatic rings. The van der Waals surface area contributed by atoms with E-state index in [4.69, 9.17) is 14.2 Å². The predicted molar refractivity (Wildman–Crippen MR) is 148 cm³/mol. The molecule has 0 saturated carbocycles. The number of thiazole rings is 1. The molecule has 6 rings (SSSR count). The Bertz CT molecular complexity index is 1830. The van der Waals surface area contributed by atoms with Crippen molar-refractivity contribution in [3.05, 3.63) is 108 Å². The molecule has 39 heavy (non-hydrogen) atoms. The number of carbonyl (C=O) groups excluding carboxylic acids is 1. The first-order valence-corrected chi connectivity index (χ1v) is 13.5. The molecule has 0 radical (unpaired) electrons. The summed E-state index contributed by atoms with van der Waals surface area (Å²) in [4.78, 5) is 32.3. The Kier molecular flexibility index (Phi) is 6.23. The maximum atomic E-state index is 14.0. The summed E-state index contributed by atoms with van der Waals surface area (Å²) in [6.45, 7) is 7.96. The van der Waals surface area contributed by atoms with Gasteiger partial charge in [-0.15, -0.1) is 0 Å². The third-order valence-corrected chi connectivity index (χ3v) is 7.98. The average Bonchev–Trinajstić information content (AvgIpc) is 3.59. The van der Waals surface area contributed by atoms with E-state index in [-0.39, 0.29) is 19.0 Å². The van der Waals surface area contributed by atoms with Crippen molar-refractivity contribution in [3.8, 4) is 17.2 Å². The topological polar surface area (TPSA) is 84.1 Å². The maximum Gasteiger partial charge on any atom is 0.338 e. The average molecular weight is 542 g/mol. The van der Waals surface area contributed by atoms with Crippen LogP contribution in [0.2, 0.25) is 0 Å². The molecule has 0 amide bonds. The van der Waals surface area contributed by atoms with Gasteiger partial charge in [0.05, 0.1) is 28.5 Å². The van der Waals surface area contributed by atoms with Crippen molar-refractivity contribution in [2.75, 3.05) is 13.4 Å². The van der Waals surface area contributed by atoms with Crippen LogP contribution < -0.4 is 24.4 Å². The Hall–Kier alpha value is -4.37. The predicted octanol–water partition coefficient (Wildman–Crippen LogP) is 3.93. The minimum absolute atomic E-state index is 0.128. The first kappa shape index (κ1) is 24.9. The highest BCUT2D eigenvalue weighted by Gasteiger charge is 2.34. The Balaban J connectivity index is 1.53. The molecule has 0 N–H and O–H groups in total. The van der Waals surface area contributed by atoms with Crippen LogP contribution in [0.5, 0.6) is 11.5 Å². The van der Waals surface area contributed by atoms with Crippen molar-refractivity contribution in [1.82, 2.24) is 9.13 Å². The highest BCUT2D eigenvalue weighted by atomic mass is 32.1. The largest absolute Gasteiger partial charge is 0.463 e. The number of esters is 1. The summed E-state index contributed by atoms with van der Waals surface area (Å²) in [7, 11) is 0. The molecule has 0 fully saturated rings. The normalized spacial score (nSPS) is 16.3. The molecule has 2 aromatic carbocycles. The van der Waals surface area contributed by atoms with Gasteiger partial charge in [0.15, 0.2) is 16.3 Å². The van der Waals surface area contributed by atoms with E-state index in [1.54, 1.807) is 24.5 Å². The SMILES string of the molecule is CCOC(=O)C1=C(C)N=c2s/c(=C/c3cc(C)n(-c4ccccc4)c3C)c(=O)n2[C@@H]1c1ccc2c(c1)OCO2. The van der Waals surface area contributed by atoms with Crippen molar-refractivity contribution in [2.24, 2.45) is 4.99 Å². The first-order valence-electron chi connectivity index (χ1n) is 12.7. The molecule has 2 aliphatic heterocycles. The van der Waals surface area contributed by atoms with Crippen LogP contribution in [-0.2, 0) is 9.53 Å². The molecule has 8 nitrogen and oxygen atoms in total. The van der Waals surface area contributed by atoms with Crippen molar-refractivity contribution >= 4 is 23.4 Å². The van der Waals surface area contributed by atoms with E-state index in [2.05, 4.69) is 27.8 Å². The number of ether oxygens (including phenoxy) is 3. The quantitative estimate of drug-likeness (QED) is 0.358. The monoisotopic (exact) mass is 541 g/mol. The molecule has 0 aliphatic carbocycles. The zero-order valence-electron chi connectivity index (χ0n) is 22.1. The molecule has 2 aliphatic rings. The minimum atomic E-state index is -0.714. The smallest absolute Gasteiger partial charge is 0.338 e. The van der Waals surface area contributed by atoms with Gasteiger partial charge in [-0.1, -0.05) is 35.6 Å². The van der Waals surface area contributed by atoms with Crippen LogP contribution in [0.25, 0.3) is 11.8 Å². The van der Waals surface area contributed by atoms with Crippen LogP contribution in [0.4, 0.5) is 0 Å². The van der Waals surface area contributed by atoms with Crippen molar-refractivity contribution in [1.29, 1.82) is 0 Å². The van der Waals surface area contributed by atoms with E-state index in [9.17, 15) is 9.59 Å². The van der Waals surface area contributed by atoms with E-state index in [1.807, 2.05) is 50.3 Å². The third kappa shape index (κ3) is 4.19. The fraction of sp³-hybridized carbons (Fsp3) is 0.233. The van der Waals surface area contributed by atoms with Gasteiger partial charge in [0, 0.05) is 17.1 Å². The number of aryl methyl sites for hydroxylation is 1. The number of allylic oxidation sites excluding steroid dienone is 1. The molecule has 0 unspecified atom stereocenters. The number of aromatic nitrogens is 2. The molecule has 0 saturated heterocycles. The molecular formula is C30H27N3O5S. The molecular weight excluding hydrogens is 514 g/mol. The summed E-state index contributed by atoms with van der Waals surface area (Å²) >= 11 is 1.31. The Morgan fingerprint density at radius 1 is 1.10 bits per heavy atom. The van der Waals surface area contributed by atoms with Crippen LogP contribution in [0.3, 0.4) is 0 Å². The molecule has 0 spiro atoms. The van der Waals surface area contributed by atoms with E-state index in [1.165, 1.54) is 11.3 Å². The zero-order chi connectivity index (χ0) is 27.3. The van der Waals surface area contributed by atoms with Gasteiger partial charge in [-0.25, -0.2) is 9.79 Å². The van der Waals surface area contributed by atoms with Crippen LogP contribution >= 0.6 is 11.3 Å². The van der Waals surface area contributed by atoms with Crippen LogP contribution in [0.1, 0.15) is 42.4 Å².